The van der Waals surface area contributed by atoms with Crippen molar-refractivity contribution < 1.29 is 0 Å². The molecular formula is C17H27ClN2. The molecule has 1 aliphatic rings. The maximum absolute atomic E-state index is 6.07. The van der Waals surface area contributed by atoms with E-state index in [4.69, 9.17) is 11.6 Å². The van der Waals surface area contributed by atoms with Crippen molar-refractivity contribution in [1.29, 1.82) is 0 Å². The molecule has 2 nitrogen and oxygen atoms in total. The Labute approximate surface area is 128 Å². The second-order valence-corrected chi connectivity index (χ2v) is 7.03. The van der Waals surface area contributed by atoms with Crippen LogP contribution in [0.3, 0.4) is 0 Å². The van der Waals surface area contributed by atoms with Crippen molar-refractivity contribution >= 4 is 11.6 Å². The molecule has 0 aliphatic heterocycles. The average molecular weight is 295 g/mol. The first-order valence-electron chi connectivity index (χ1n) is 7.65. The quantitative estimate of drug-likeness (QED) is 0.856. The molecule has 0 fully saturated rings. The molecule has 1 aliphatic carbocycles. The van der Waals surface area contributed by atoms with Gasteiger partial charge in [0.2, 0.25) is 0 Å². The number of nitrogens with zero attached hydrogens (tertiary/aromatic N) is 1. The van der Waals surface area contributed by atoms with E-state index in [2.05, 4.69) is 50.3 Å². The molecule has 1 aromatic carbocycles. The van der Waals surface area contributed by atoms with E-state index in [1.807, 2.05) is 6.07 Å². The summed E-state index contributed by atoms with van der Waals surface area (Å²) in [4.78, 5) is 2.34. The van der Waals surface area contributed by atoms with Gasteiger partial charge in [-0.15, -0.1) is 0 Å². The van der Waals surface area contributed by atoms with Crippen LogP contribution in [0.5, 0.6) is 0 Å². The van der Waals surface area contributed by atoms with Gasteiger partial charge >= 0.3 is 0 Å². The summed E-state index contributed by atoms with van der Waals surface area (Å²) in [5.41, 5.74) is 2.86. The van der Waals surface area contributed by atoms with Gasteiger partial charge in [0.05, 0.1) is 0 Å². The number of likely N-dealkylation sites (N-methyl/N-ethyl adjacent to an activating group) is 1. The fourth-order valence-electron chi connectivity index (χ4n) is 3.10. The number of rotatable bonds is 6. The Bertz CT molecular complexity index is 443. The van der Waals surface area contributed by atoms with Gasteiger partial charge in [0.1, 0.15) is 0 Å². The van der Waals surface area contributed by atoms with Crippen molar-refractivity contribution in [1.82, 2.24) is 10.2 Å². The lowest BCUT2D eigenvalue weighted by Crippen LogP contribution is -2.39. The van der Waals surface area contributed by atoms with Crippen LogP contribution in [0.25, 0.3) is 0 Å². The number of hydrogen-bond donors (Lipinski definition) is 1. The Morgan fingerprint density at radius 2 is 2.10 bits per heavy atom. The zero-order valence-electron chi connectivity index (χ0n) is 13.1. The third kappa shape index (κ3) is 3.97. The fraction of sp³-hybridized carbons (Fsp3) is 0.647. The molecule has 2 unspecified atom stereocenters. The summed E-state index contributed by atoms with van der Waals surface area (Å²) in [5.74, 6) is 0.735. The molecule has 0 spiro atoms. The molecule has 20 heavy (non-hydrogen) atoms. The van der Waals surface area contributed by atoms with Crippen LogP contribution in [0.1, 0.15) is 43.9 Å². The normalized spacial score (nSPS) is 19.6. The minimum absolute atomic E-state index is 0.497. The predicted octanol–water partition coefficient (Wildman–Crippen LogP) is 3.89. The van der Waals surface area contributed by atoms with Crippen LogP contribution in [0.4, 0.5) is 0 Å². The third-order valence-electron chi connectivity index (χ3n) is 4.26. The second-order valence-electron chi connectivity index (χ2n) is 6.59. The SMILES string of the molecule is CC(C)CC(CNC1CCc2cc(Cl)ccc21)N(C)C. The third-order valence-corrected chi connectivity index (χ3v) is 4.49. The van der Waals surface area contributed by atoms with Gasteiger partial charge in [-0.2, -0.15) is 0 Å². The number of hydrogen-bond acceptors (Lipinski definition) is 2. The Hall–Kier alpha value is -0.570. The van der Waals surface area contributed by atoms with Gasteiger partial charge in [-0.05, 0) is 62.5 Å². The minimum atomic E-state index is 0.497. The first kappa shape index (κ1) is 15.8. The highest BCUT2D eigenvalue weighted by Crippen LogP contribution is 2.32. The first-order valence-corrected chi connectivity index (χ1v) is 8.03. The summed E-state index contributed by atoms with van der Waals surface area (Å²) in [6.07, 6.45) is 3.57. The van der Waals surface area contributed by atoms with Gasteiger partial charge in [-0.3, -0.25) is 0 Å². The Balaban J connectivity index is 1.95. The molecule has 0 radical (unpaired) electrons. The van der Waals surface area contributed by atoms with Crippen molar-refractivity contribution in [3.05, 3.63) is 34.3 Å². The topological polar surface area (TPSA) is 15.3 Å². The lowest BCUT2D eigenvalue weighted by Gasteiger charge is -2.28. The molecule has 0 amide bonds. The van der Waals surface area contributed by atoms with Crippen LogP contribution in [0, 0.1) is 5.92 Å². The molecule has 0 saturated heterocycles. The van der Waals surface area contributed by atoms with Crippen molar-refractivity contribution in [2.45, 2.75) is 45.2 Å². The van der Waals surface area contributed by atoms with E-state index in [9.17, 15) is 0 Å². The van der Waals surface area contributed by atoms with Crippen LogP contribution in [-0.4, -0.2) is 31.6 Å². The molecule has 112 valence electrons. The highest BCUT2D eigenvalue weighted by molar-refractivity contribution is 6.30. The van der Waals surface area contributed by atoms with E-state index in [1.165, 1.54) is 24.0 Å². The number of fused-ring (bicyclic) bond motifs is 1. The summed E-state index contributed by atoms with van der Waals surface area (Å²) in [6.45, 7) is 5.64. The van der Waals surface area contributed by atoms with Crippen molar-refractivity contribution in [2.24, 2.45) is 5.92 Å². The number of aryl methyl sites for hydroxylation is 1. The van der Waals surface area contributed by atoms with Gasteiger partial charge in [0.15, 0.2) is 0 Å². The maximum atomic E-state index is 6.07. The van der Waals surface area contributed by atoms with E-state index in [0.29, 0.717) is 12.1 Å². The molecule has 2 rings (SSSR count). The lowest BCUT2D eigenvalue weighted by atomic mass is 10.0. The molecule has 3 heteroatoms. The highest BCUT2D eigenvalue weighted by Gasteiger charge is 2.23. The smallest absolute Gasteiger partial charge is 0.0408 e. The zero-order valence-corrected chi connectivity index (χ0v) is 13.9. The number of halogens is 1. The van der Waals surface area contributed by atoms with Crippen LogP contribution >= 0.6 is 11.6 Å². The van der Waals surface area contributed by atoms with E-state index in [1.54, 1.807) is 0 Å². The number of benzene rings is 1. The fourth-order valence-corrected chi connectivity index (χ4v) is 3.29. The maximum Gasteiger partial charge on any atom is 0.0408 e. The molecule has 1 N–H and O–H groups in total. The van der Waals surface area contributed by atoms with Crippen LogP contribution in [0.15, 0.2) is 18.2 Å². The van der Waals surface area contributed by atoms with Gasteiger partial charge in [0, 0.05) is 23.7 Å². The summed E-state index contributed by atoms with van der Waals surface area (Å²) < 4.78 is 0. The second kappa shape index (κ2) is 6.93. The van der Waals surface area contributed by atoms with Crippen molar-refractivity contribution in [2.75, 3.05) is 20.6 Å². The summed E-state index contributed by atoms with van der Waals surface area (Å²) in [5, 5.41) is 4.62. The van der Waals surface area contributed by atoms with Crippen LogP contribution < -0.4 is 5.32 Å². The van der Waals surface area contributed by atoms with Crippen molar-refractivity contribution in [3.63, 3.8) is 0 Å². The van der Waals surface area contributed by atoms with Gasteiger partial charge in [-0.1, -0.05) is 31.5 Å². The molecule has 2 atom stereocenters. The minimum Gasteiger partial charge on any atom is -0.308 e. The van der Waals surface area contributed by atoms with E-state index in [0.717, 1.165) is 23.9 Å². The molecule has 0 heterocycles. The zero-order chi connectivity index (χ0) is 14.7. The first-order chi connectivity index (χ1) is 9.47. The summed E-state index contributed by atoms with van der Waals surface area (Å²) >= 11 is 6.07. The molecular weight excluding hydrogens is 268 g/mol. The largest absolute Gasteiger partial charge is 0.308 e. The molecule has 0 saturated carbocycles. The number of nitrogens with one attached hydrogen (secondary N) is 1. The van der Waals surface area contributed by atoms with Gasteiger partial charge < -0.3 is 10.2 Å². The average Bonchev–Trinajstić information content (AvgIpc) is 2.76. The van der Waals surface area contributed by atoms with E-state index < -0.39 is 0 Å². The van der Waals surface area contributed by atoms with E-state index in [-0.39, 0.29) is 0 Å². The van der Waals surface area contributed by atoms with E-state index >= 15 is 0 Å². The monoisotopic (exact) mass is 294 g/mol. The van der Waals surface area contributed by atoms with Gasteiger partial charge in [0.25, 0.3) is 0 Å². The predicted molar refractivity (Wildman–Crippen MR) is 87.4 cm³/mol. The Morgan fingerprint density at radius 1 is 1.35 bits per heavy atom. The molecule has 0 bridgehead atoms. The van der Waals surface area contributed by atoms with Gasteiger partial charge in [-0.25, -0.2) is 0 Å². The lowest BCUT2D eigenvalue weighted by molar-refractivity contribution is 0.240. The Morgan fingerprint density at radius 3 is 2.75 bits per heavy atom. The molecule has 1 aromatic rings. The molecule has 0 aromatic heterocycles. The summed E-state index contributed by atoms with van der Waals surface area (Å²) in [6, 6.07) is 7.42. The Kier molecular flexibility index (Phi) is 5.48. The van der Waals surface area contributed by atoms with Crippen LogP contribution in [-0.2, 0) is 6.42 Å². The van der Waals surface area contributed by atoms with Crippen molar-refractivity contribution in [3.8, 4) is 0 Å². The van der Waals surface area contributed by atoms with Crippen LogP contribution in [0.2, 0.25) is 5.02 Å². The standard InChI is InChI=1S/C17H27ClN2/c1-12(2)9-15(20(3)4)11-19-17-8-5-13-10-14(18)6-7-16(13)17/h6-7,10,12,15,17,19H,5,8-9,11H2,1-4H3. The summed E-state index contributed by atoms with van der Waals surface area (Å²) in [7, 11) is 4.36. The highest BCUT2D eigenvalue weighted by atomic mass is 35.5.